The highest BCUT2D eigenvalue weighted by molar-refractivity contribution is 5.94. The minimum Gasteiger partial charge on any atom is -0.366 e. The first-order valence-electron chi connectivity index (χ1n) is 3.69. The van der Waals surface area contributed by atoms with E-state index in [1.807, 2.05) is 0 Å². The third-order valence-electron chi connectivity index (χ3n) is 1.71. The van der Waals surface area contributed by atoms with Gasteiger partial charge in [0, 0.05) is 23.3 Å². The molecule has 0 heterocycles. The summed E-state index contributed by atoms with van der Waals surface area (Å²) in [5.74, 6) is -0.799. The quantitative estimate of drug-likeness (QED) is 0.584. The van der Waals surface area contributed by atoms with Gasteiger partial charge in [-0.15, -0.1) is 0 Å². The van der Waals surface area contributed by atoms with Crippen molar-refractivity contribution in [1.82, 2.24) is 0 Å². The van der Waals surface area contributed by atoms with Crippen LogP contribution in [0.2, 0.25) is 0 Å². The molecule has 6 heteroatoms. The fourth-order valence-electron chi connectivity index (χ4n) is 1.04. The SMILES string of the molecule is NC(=O)c1ccc([N+](=O)[O-])cc1CF. The Morgan fingerprint density at radius 3 is 2.64 bits per heavy atom. The van der Waals surface area contributed by atoms with Crippen LogP contribution >= 0.6 is 0 Å². The summed E-state index contributed by atoms with van der Waals surface area (Å²) in [7, 11) is 0. The molecule has 0 spiro atoms. The van der Waals surface area contributed by atoms with Gasteiger partial charge in [0.25, 0.3) is 5.69 Å². The third-order valence-corrected chi connectivity index (χ3v) is 1.71. The van der Waals surface area contributed by atoms with E-state index in [2.05, 4.69) is 0 Å². The van der Waals surface area contributed by atoms with E-state index in [9.17, 15) is 19.3 Å². The highest BCUT2D eigenvalue weighted by atomic mass is 19.1. The van der Waals surface area contributed by atoms with Gasteiger partial charge in [-0.25, -0.2) is 4.39 Å². The van der Waals surface area contributed by atoms with Crippen LogP contribution in [0.4, 0.5) is 10.1 Å². The van der Waals surface area contributed by atoms with Gasteiger partial charge in [0.15, 0.2) is 0 Å². The number of carbonyl (C=O) groups excluding carboxylic acids is 1. The molecule has 0 aliphatic carbocycles. The lowest BCUT2D eigenvalue weighted by molar-refractivity contribution is -0.384. The number of amides is 1. The van der Waals surface area contributed by atoms with Gasteiger partial charge >= 0.3 is 0 Å². The van der Waals surface area contributed by atoms with Crippen LogP contribution in [0.3, 0.4) is 0 Å². The summed E-state index contributed by atoms with van der Waals surface area (Å²) in [4.78, 5) is 20.4. The van der Waals surface area contributed by atoms with E-state index in [1.54, 1.807) is 0 Å². The van der Waals surface area contributed by atoms with Crippen molar-refractivity contribution < 1.29 is 14.1 Å². The summed E-state index contributed by atoms with van der Waals surface area (Å²) in [6.45, 7) is -0.958. The fourth-order valence-corrected chi connectivity index (χ4v) is 1.04. The first kappa shape index (κ1) is 10.1. The van der Waals surface area contributed by atoms with E-state index in [0.717, 1.165) is 18.2 Å². The Morgan fingerprint density at radius 1 is 1.57 bits per heavy atom. The van der Waals surface area contributed by atoms with E-state index in [1.165, 1.54) is 0 Å². The molecule has 0 saturated heterocycles. The van der Waals surface area contributed by atoms with Crippen LogP contribution in [0.5, 0.6) is 0 Å². The summed E-state index contributed by atoms with van der Waals surface area (Å²) >= 11 is 0. The molecule has 1 aromatic rings. The second-order valence-corrected chi connectivity index (χ2v) is 2.60. The smallest absolute Gasteiger partial charge is 0.269 e. The summed E-state index contributed by atoms with van der Waals surface area (Å²) < 4.78 is 12.4. The molecule has 0 aliphatic heterocycles. The van der Waals surface area contributed by atoms with E-state index in [4.69, 9.17) is 5.73 Å². The maximum absolute atomic E-state index is 12.4. The summed E-state index contributed by atoms with van der Waals surface area (Å²) in [6.07, 6.45) is 0. The number of non-ortho nitro benzene ring substituents is 1. The van der Waals surface area contributed by atoms with Crippen LogP contribution in [-0.4, -0.2) is 10.8 Å². The van der Waals surface area contributed by atoms with E-state index in [-0.39, 0.29) is 16.8 Å². The zero-order valence-corrected chi connectivity index (χ0v) is 7.07. The Morgan fingerprint density at radius 2 is 2.21 bits per heavy atom. The van der Waals surface area contributed by atoms with Crippen LogP contribution in [-0.2, 0) is 6.67 Å². The van der Waals surface area contributed by atoms with E-state index >= 15 is 0 Å². The summed E-state index contributed by atoms with van der Waals surface area (Å²) in [6, 6.07) is 3.26. The first-order valence-corrected chi connectivity index (χ1v) is 3.69. The number of rotatable bonds is 3. The van der Waals surface area contributed by atoms with Crippen molar-refractivity contribution in [2.24, 2.45) is 5.73 Å². The summed E-state index contributed by atoms with van der Waals surface area (Å²) in [5.41, 5.74) is 4.59. The van der Waals surface area contributed by atoms with Gasteiger partial charge in [-0.2, -0.15) is 0 Å². The first-order chi connectivity index (χ1) is 6.56. The highest BCUT2D eigenvalue weighted by Gasteiger charge is 2.13. The molecule has 0 saturated carbocycles. The Balaban J connectivity index is 3.25. The Bertz CT molecular complexity index is 392. The van der Waals surface area contributed by atoms with E-state index < -0.39 is 17.5 Å². The van der Waals surface area contributed by atoms with Crippen LogP contribution in [0.1, 0.15) is 15.9 Å². The number of nitrogens with zero attached hydrogens (tertiary/aromatic N) is 1. The van der Waals surface area contributed by atoms with Crippen molar-refractivity contribution >= 4 is 11.6 Å². The van der Waals surface area contributed by atoms with Gasteiger partial charge < -0.3 is 5.73 Å². The Hall–Kier alpha value is -1.98. The van der Waals surface area contributed by atoms with Gasteiger partial charge in [0.1, 0.15) is 6.67 Å². The van der Waals surface area contributed by atoms with Gasteiger partial charge in [-0.3, -0.25) is 14.9 Å². The average molecular weight is 198 g/mol. The number of nitro groups is 1. The lowest BCUT2D eigenvalue weighted by atomic mass is 10.1. The molecular formula is C8H7FN2O3. The molecule has 5 nitrogen and oxygen atoms in total. The molecule has 1 aromatic carbocycles. The molecule has 1 rings (SSSR count). The highest BCUT2D eigenvalue weighted by Crippen LogP contribution is 2.18. The number of hydrogen-bond donors (Lipinski definition) is 1. The monoisotopic (exact) mass is 198 g/mol. The van der Waals surface area contributed by atoms with Crippen molar-refractivity contribution in [2.75, 3.05) is 0 Å². The zero-order chi connectivity index (χ0) is 10.7. The van der Waals surface area contributed by atoms with Gasteiger partial charge in [-0.1, -0.05) is 0 Å². The molecule has 2 N–H and O–H groups in total. The van der Waals surface area contributed by atoms with Crippen LogP contribution in [0, 0.1) is 10.1 Å². The lowest BCUT2D eigenvalue weighted by Gasteiger charge is -2.01. The molecule has 0 unspecified atom stereocenters. The standard InChI is InChI=1S/C8H7FN2O3/c9-4-5-3-6(11(13)14)1-2-7(5)8(10)12/h1-3H,4H2,(H2,10,12). The Labute approximate surface area is 78.5 Å². The molecule has 0 atom stereocenters. The van der Waals surface area contributed by atoms with Crippen LogP contribution in [0.15, 0.2) is 18.2 Å². The summed E-state index contributed by atoms with van der Waals surface area (Å²) in [5, 5.41) is 10.3. The molecule has 1 amide bonds. The maximum Gasteiger partial charge on any atom is 0.269 e. The maximum atomic E-state index is 12.4. The molecule has 0 fully saturated rings. The number of carbonyl (C=O) groups is 1. The van der Waals surface area contributed by atoms with E-state index in [0.29, 0.717) is 0 Å². The van der Waals surface area contributed by atoms with Crippen LogP contribution in [0.25, 0.3) is 0 Å². The molecule has 0 aliphatic rings. The van der Waals surface area contributed by atoms with Crippen molar-refractivity contribution in [1.29, 1.82) is 0 Å². The fraction of sp³-hybridized carbons (Fsp3) is 0.125. The number of nitro benzene ring substituents is 1. The molecule has 0 aromatic heterocycles. The predicted octanol–water partition coefficient (Wildman–Crippen LogP) is 1.16. The third kappa shape index (κ3) is 1.85. The van der Waals surface area contributed by atoms with Crippen LogP contribution < -0.4 is 5.73 Å². The lowest BCUT2D eigenvalue weighted by Crippen LogP contribution is -2.13. The number of primary amides is 1. The van der Waals surface area contributed by atoms with Crippen molar-refractivity contribution in [3.8, 4) is 0 Å². The largest absolute Gasteiger partial charge is 0.366 e. The zero-order valence-electron chi connectivity index (χ0n) is 7.07. The average Bonchev–Trinajstić information content (AvgIpc) is 2.16. The number of nitrogens with two attached hydrogens (primary N) is 1. The molecule has 0 radical (unpaired) electrons. The molecular weight excluding hydrogens is 191 g/mol. The minimum absolute atomic E-state index is 0.0295. The van der Waals surface area contributed by atoms with Gasteiger partial charge in [0.2, 0.25) is 5.91 Å². The normalized spacial score (nSPS) is 9.79. The number of alkyl halides is 1. The Kier molecular flexibility index (Phi) is 2.76. The van der Waals surface area contributed by atoms with Crippen molar-refractivity contribution in [2.45, 2.75) is 6.67 Å². The second-order valence-electron chi connectivity index (χ2n) is 2.60. The van der Waals surface area contributed by atoms with Crippen molar-refractivity contribution in [3.05, 3.63) is 39.4 Å². The van der Waals surface area contributed by atoms with Gasteiger partial charge in [-0.05, 0) is 6.07 Å². The molecule has 14 heavy (non-hydrogen) atoms. The number of benzene rings is 1. The molecule has 0 bridgehead atoms. The predicted molar refractivity (Wildman–Crippen MR) is 46.4 cm³/mol. The molecule has 74 valence electrons. The topological polar surface area (TPSA) is 86.2 Å². The minimum atomic E-state index is -0.958. The number of halogens is 1. The number of hydrogen-bond acceptors (Lipinski definition) is 3. The second kappa shape index (κ2) is 3.82. The van der Waals surface area contributed by atoms with Crippen molar-refractivity contribution in [3.63, 3.8) is 0 Å². The van der Waals surface area contributed by atoms with Gasteiger partial charge in [0.05, 0.1) is 4.92 Å².